The molecule has 2 aromatic heterocycles. The molecule has 114 valence electrons. The molecule has 0 aliphatic heterocycles. The first-order valence-electron chi connectivity index (χ1n) is 6.88. The van der Waals surface area contributed by atoms with Crippen LogP contribution in [-0.2, 0) is 16.0 Å². The van der Waals surface area contributed by atoms with Crippen LogP contribution < -0.4 is 5.32 Å². The van der Waals surface area contributed by atoms with Crippen molar-refractivity contribution in [1.82, 2.24) is 14.7 Å². The molecule has 0 aliphatic carbocycles. The highest BCUT2D eigenvalue weighted by atomic mass is 32.1. The minimum Gasteiger partial charge on any atom is -0.480 e. The number of amides is 1. The normalized spacial score (nSPS) is 11.8. The Balaban J connectivity index is 2.16. The zero-order valence-corrected chi connectivity index (χ0v) is 13.2. The van der Waals surface area contributed by atoms with Crippen molar-refractivity contribution in [2.45, 2.75) is 45.6 Å². The van der Waals surface area contributed by atoms with Crippen molar-refractivity contribution in [3.05, 3.63) is 23.0 Å². The molecule has 0 atom stereocenters. The van der Waals surface area contributed by atoms with Gasteiger partial charge in [-0.2, -0.15) is 0 Å². The number of carbonyl (C=O) groups excluding carboxylic acids is 1. The zero-order valence-electron chi connectivity index (χ0n) is 12.3. The van der Waals surface area contributed by atoms with Gasteiger partial charge in [0.05, 0.1) is 12.1 Å². The quantitative estimate of drug-likeness (QED) is 0.855. The Morgan fingerprint density at radius 3 is 2.67 bits per heavy atom. The predicted molar refractivity (Wildman–Crippen MR) is 80.6 cm³/mol. The summed E-state index contributed by atoms with van der Waals surface area (Å²) in [5.41, 5.74) is 0.530. The number of aliphatic carboxylic acids is 1. The van der Waals surface area contributed by atoms with Crippen LogP contribution in [0.2, 0.25) is 0 Å². The second-order valence-corrected chi connectivity index (χ2v) is 5.92. The molecule has 0 spiro atoms. The highest BCUT2D eigenvalue weighted by Crippen LogP contribution is 2.19. The summed E-state index contributed by atoms with van der Waals surface area (Å²) in [4.78, 5) is 28.8. The minimum atomic E-state index is -1.18. The van der Waals surface area contributed by atoms with E-state index in [1.54, 1.807) is 13.8 Å². The molecule has 0 bridgehead atoms. The molecule has 7 heteroatoms. The maximum absolute atomic E-state index is 12.2. The number of rotatable bonds is 6. The van der Waals surface area contributed by atoms with E-state index in [0.717, 1.165) is 16.3 Å². The predicted octanol–water partition coefficient (Wildman–Crippen LogP) is 2.01. The van der Waals surface area contributed by atoms with Gasteiger partial charge in [-0.15, -0.1) is 11.3 Å². The Bertz CT molecular complexity index is 670. The molecule has 2 rings (SSSR count). The summed E-state index contributed by atoms with van der Waals surface area (Å²) in [5.74, 6) is -1.28. The molecular formula is C14H19N3O3S. The molecule has 0 fully saturated rings. The van der Waals surface area contributed by atoms with E-state index in [1.807, 2.05) is 22.9 Å². The molecular weight excluding hydrogens is 290 g/mol. The van der Waals surface area contributed by atoms with Gasteiger partial charge in [0.1, 0.15) is 5.54 Å². The molecule has 0 aliphatic rings. The molecule has 6 nitrogen and oxygen atoms in total. The Morgan fingerprint density at radius 1 is 1.43 bits per heavy atom. The van der Waals surface area contributed by atoms with Gasteiger partial charge in [-0.3, -0.25) is 9.20 Å². The monoisotopic (exact) mass is 309 g/mol. The number of carbonyl (C=O) groups is 2. The maximum atomic E-state index is 12.2. The van der Waals surface area contributed by atoms with Gasteiger partial charge in [-0.25, -0.2) is 9.78 Å². The van der Waals surface area contributed by atoms with Gasteiger partial charge >= 0.3 is 5.97 Å². The van der Waals surface area contributed by atoms with E-state index in [2.05, 4.69) is 10.3 Å². The van der Waals surface area contributed by atoms with Crippen LogP contribution in [0.4, 0.5) is 0 Å². The number of aryl methyl sites for hydroxylation is 1. The van der Waals surface area contributed by atoms with Crippen LogP contribution in [0.25, 0.3) is 4.96 Å². The van der Waals surface area contributed by atoms with E-state index in [1.165, 1.54) is 11.3 Å². The first-order valence-corrected chi connectivity index (χ1v) is 7.76. The molecule has 21 heavy (non-hydrogen) atoms. The van der Waals surface area contributed by atoms with Crippen molar-refractivity contribution in [2.24, 2.45) is 0 Å². The molecule has 0 saturated carbocycles. The summed E-state index contributed by atoms with van der Waals surface area (Å²) in [7, 11) is 0. The van der Waals surface area contributed by atoms with Crippen LogP contribution in [0, 0.1) is 6.92 Å². The van der Waals surface area contributed by atoms with E-state index in [-0.39, 0.29) is 12.3 Å². The first-order chi connectivity index (χ1) is 9.91. The van der Waals surface area contributed by atoms with Crippen LogP contribution in [-0.4, -0.2) is 31.9 Å². The Labute approximate surface area is 126 Å². The molecule has 0 saturated heterocycles. The lowest BCUT2D eigenvalue weighted by atomic mass is 9.92. The third-order valence-electron chi connectivity index (χ3n) is 3.74. The lowest BCUT2D eigenvalue weighted by molar-refractivity contribution is -0.148. The highest BCUT2D eigenvalue weighted by Gasteiger charge is 2.36. The fourth-order valence-electron chi connectivity index (χ4n) is 2.33. The van der Waals surface area contributed by atoms with Crippen LogP contribution in [0.3, 0.4) is 0 Å². The van der Waals surface area contributed by atoms with Crippen molar-refractivity contribution in [2.75, 3.05) is 0 Å². The number of nitrogens with zero attached hydrogens (tertiary/aromatic N) is 2. The summed E-state index contributed by atoms with van der Waals surface area (Å²) in [6, 6.07) is 0. The Kier molecular flexibility index (Phi) is 4.32. The van der Waals surface area contributed by atoms with E-state index >= 15 is 0 Å². The van der Waals surface area contributed by atoms with E-state index in [9.17, 15) is 14.7 Å². The summed E-state index contributed by atoms with van der Waals surface area (Å²) >= 11 is 1.47. The molecule has 0 unspecified atom stereocenters. The van der Waals surface area contributed by atoms with Gasteiger partial charge in [0, 0.05) is 17.3 Å². The van der Waals surface area contributed by atoms with Gasteiger partial charge in [-0.05, 0) is 19.8 Å². The second kappa shape index (κ2) is 5.85. The summed E-state index contributed by atoms with van der Waals surface area (Å²) in [5, 5.41) is 13.9. The lowest BCUT2D eigenvalue weighted by Crippen LogP contribution is -2.54. The van der Waals surface area contributed by atoms with Gasteiger partial charge in [0.25, 0.3) is 0 Å². The summed E-state index contributed by atoms with van der Waals surface area (Å²) in [6.07, 6.45) is 2.73. The average Bonchev–Trinajstić information content (AvgIpc) is 2.96. The number of fused-ring (bicyclic) bond motifs is 1. The number of carboxylic acids is 1. The largest absolute Gasteiger partial charge is 0.480 e. The maximum Gasteiger partial charge on any atom is 0.329 e. The smallest absolute Gasteiger partial charge is 0.329 e. The molecule has 0 aromatic carbocycles. The van der Waals surface area contributed by atoms with Crippen molar-refractivity contribution in [1.29, 1.82) is 0 Å². The van der Waals surface area contributed by atoms with E-state index < -0.39 is 11.5 Å². The first kappa shape index (κ1) is 15.5. The number of imidazole rings is 1. The van der Waals surface area contributed by atoms with Crippen LogP contribution in [0.1, 0.15) is 38.1 Å². The molecule has 2 N–H and O–H groups in total. The third-order valence-corrected chi connectivity index (χ3v) is 4.63. The van der Waals surface area contributed by atoms with Gasteiger partial charge in [-0.1, -0.05) is 13.8 Å². The fraction of sp³-hybridized carbons (Fsp3) is 0.500. The van der Waals surface area contributed by atoms with Crippen molar-refractivity contribution in [3.8, 4) is 0 Å². The molecule has 2 aromatic rings. The number of thiazole rings is 1. The fourth-order valence-corrected chi connectivity index (χ4v) is 3.25. The number of aromatic nitrogens is 2. The number of nitrogens with one attached hydrogen (secondary N) is 1. The number of hydrogen-bond acceptors (Lipinski definition) is 4. The molecule has 2 heterocycles. The van der Waals surface area contributed by atoms with Crippen LogP contribution in [0.15, 0.2) is 11.6 Å². The summed E-state index contributed by atoms with van der Waals surface area (Å²) in [6.45, 7) is 5.42. The van der Waals surface area contributed by atoms with Crippen molar-refractivity contribution in [3.63, 3.8) is 0 Å². The van der Waals surface area contributed by atoms with Crippen LogP contribution >= 0.6 is 11.3 Å². The van der Waals surface area contributed by atoms with Gasteiger partial charge in [0.15, 0.2) is 4.96 Å². The van der Waals surface area contributed by atoms with Crippen molar-refractivity contribution >= 4 is 28.2 Å². The molecule has 1 amide bonds. The second-order valence-electron chi connectivity index (χ2n) is 5.08. The van der Waals surface area contributed by atoms with Crippen molar-refractivity contribution < 1.29 is 14.7 Å². The van der Waals surface area contributed by atoms with Gasteiger partial charge < -0.3 is 10.4 Å². The minimum absolute atomic E-state index is 0.144. The standard InChI is InChI=1S/C14H19N3O3S/c1-4-14(5-2,12(19)20)16-11(18)6-10-8-21-13-15-9(3)7-17(10)13/h7-8H,4-6H2,1-3H3,(H,16,18)(H,19,20). The third kappa shape index (κ3) is 2.92. The highest BCUT2D eigenvalue weighted by molar-refractivity contribution is 7.15. The van der Waals surface area contributed by atoms with Gasteiger partial charge in [0.2, 0.25) is 5.91 Å². The Hall–Kier alpha value is -1.89. The average molecular weight is 309 g/mol. The van der Waals surface area contributed by atoms with E-state index in [0.29, 0.717) is 12.8 Å². The Morgan fingerprint density at radius 2 is 2.10 bits per heavy atom. The lowest BCUT2D eigenvalue weighted by Gasteiger charge is -2.28. The topological polar surface area (TPSA) is 83.7 Å². The summed E-state index contributed by atoms with van der Waals surface area (Å²) < 4.78 is 1.87. The number of carboxylic acid groups (broad SMARTS) is 1. The SMILES string of the molecule is CCC(CC)(NC(=O)Cc1csc2nc(C)cn12)C(=O)O. The zero-order chi connectivity index (χ0) is 15.6. The van der Waals surface area contributed by atoms with E-state index in [4.69, 9.17) is 0 Å². The number of hydrogen-bond donors (Lipinski definition) is 2. The van der Waals surface area contributed by atoms with Crippen LogP contribution in [0.5, 0.6) is 0 Å². The molecule has 0 radical (unpaired) electrons.